The van der Waals surface area contributed by atoms with Crippen molar-refractivity contribution in [3.63, 3.8) is 0 Å². The Bertz CT molecular complexity index is 180. The van der Waals surface area contributed by atoms with Gasteiger partial charge in [0.1, 0.15) is 0 Å². The molecule has 0 aliphatic heterocycles. The summed E-state index contributed by atoms with van der Waals surface area (Å²) in [6.45, 7) is 16.4. The molecule has 0 aliphatic rings. The molecule has 0 radical (unpaired) electrons. The highest BCUT2D eigenvalue weighted by Gasteiger charge is 2.27. The second kappa shape index (κ2) is 8.10. The second-order valence-electron chi connectivity index (χ2n) is 6.17. The normalized spacial score (nSPS) is 13.1. The summed E-state index contributed by atoms with van der Waals surface area (Å²) in [5.74, 6) is 0. The van der Waals surface area contributed by atoms with Crippen LogP contribution in [0.1, 0.15) is 67.2 Å². The molecular formula is C15H33NO. The Labute approximate surface area is 109 Å². The molecule has 0 aromatic rings. The van der Waals surface area contributed by atoms with Crippen LogP contribution in [0, 0.1) is 5.41 Å². The number of nitrogens with one attached hydrogen (secondary N) is 1. The second-order valence-corrected chi connectivity index (χ2v) is 6.17. The molecule has 0 amide bonds. The van der Waals surface area contributed by atoms with Gasteiger partial charge in [-0.25, -0.2) is 0 Å². The van der Waals surface area contributed by atoms with Crippen LogP contribution >= 0.6 is 0 Å². The number of rotatable bonds is 9. The standard InChI is InChI=1S/C15H33NO/c1-7-11-17-12-10-15(8-2,9-3)13-16-14(4,5)6/h16H,7-13H2,1-6H3. The van der Waals surface area contributed by atoms with E-state index < -0.39 is 0 Å². The zero-order chi connectivity index (χ0) is 13.4. The van der Waals surface area contributed by atoms with Gasteiger partial charge >= 0.3 is 0 Å². The first kappa shape index (κ1) is 16.9. The summed E-state index contributed by atoms with van der Waals surface area (Å²) in [6, 6.07) is 0. The van der Waals surface area contributed by atoms with Crippen molar-refractivity contribution in [1.82, 2.24) is 5.32 Å². The molecule has 0 saturated carbocycles. The van der Waals surface area contributed by atoms with Gasteiger partial charge in [0.2, 0.25) is 0 Å². The van der Waals surface area contributed by atoms with Crippen molar-refractivity contribution in [3.8, 4) is 0 Å². The van der Waals surface area contributed by atoms with E-state index in [0.29, 0.717) is 5.41 Å². The molecule has 2 heteroatoms. The number of ether oxygens (including phenoxy) is 1. The lowest BCUT2D eigenvalue weighted by Crippen LogP contribution is -2.44. The predicted octanol–water partition coefficient (Wildman–Crippen LogP) is 4.00. The first-order valence-corrected chi connectivity index (χ1v) is 7.22. The molecule has 17 heavy (non-hydrogen) atoms. The molecule has 0 aliphatic carbocycles. The SMILES string of the molecule is CCCOCCC(CC)(CC)CNC(C)(C)C. The molecule has 0 heterocycles. The van der Waals surface area contributed by atoms with E-state index in [1.165, 1.54) is 19.3 Å². The van der Waals surface area contributed by atoms with Gasteiger partial charge in [-0.2, -0.15) is 0 Å². The lowest BCUT2D eigenvalue weighted by atomic mass is 9.79. The minimum atomic E-state index is 0.208. The van der Waals surface area contributed by atoms with Crippen molar-refractivity contribution in [3.05, 3.63) is 0 Å². The van der Waals surface area contributed by atoms with E-state index in [4.69, 9.17) is 4.74 Å². The fourth-order valence-electron chi connectivity index (χ4n) is 1.93. The highest BCUT2D eigenvalue weighted by atomic mass is 16.5. The maximum absolute atomic E-state index is 5.65. The third kappa shape index (κ3) is 7.77. The molecule has 104 valence electrons. The van der Waals surface area contributed by atoms with Crippen LogP contribution in [0.25, 0.3) is 0 Å². The van der Waals surface area contributed by atoms with Gasteiger partial charge in [0.05, 0.1) is 0 Å². The Kier molecular flexibility index (Phi) is 8.06. The van der Waals surface area contributed by atoms with E-state index in [9.17, 15) is 0 Å². The number of hydrogen-bond donors (Lipinski definition) is 1. The van der Waals surface area contributed by atoms with Gasteiger partial charge in [0.25, 0.3) is 0 Å². The highest BCUT2D eigenvalue weighted by molar-refractivity contribution is 4.83. The van der Waals surface area contributed by atoms with Crippen LogP contribution in [0.2, 0.25) is 0 Å². The molecule has 0 aromatic heterocycles. The first-order valence-electron chi connectivity index (χ1n) is 7.22. The van der Waals surface area contributed by atoms with E-state index in [0.717, 1.165) is 26.2 Å². The van der Waals surface area contributed by atoms with E-state index in [-0.39, 0.29) is 5.54 Å². The van der Waals surface area contributed by atoms with Crippen molar-refractivity contribution < 1.29 is 4.74 Å². The monoisotopic (exact) mass is 243 g/mol. The molecule has 0 saturated heterocycles. The van der Waals surface area contributed by atoms with Gasteiger partial charge in [0.15, 0.2) is 0 Å². The van der Waals surface area contributed by atoms with E-state index in [1.807, 2.05) is 0 Å². The van der Waals surface area contributed by atoms with Gasteiger partial charge in [-0.05, 0) is 51.9 Å². The van der Waals surface area contributed by atoms with Crippen molar-refractivity contribution in [2.24, 2.45) is 5.41 Å². The molecule has 0 spiro atoms. The molecule has 1 N–H and O–H groups in total. The highest BCUT2D eigenvalue weighted by Crippen LogP contribution is 2.30. The van der Waals surface area contributed by atoms with Crippen LogP contribution in [0.4, 0.5) is 0 Å². The molecule has 0 unspecified atom stereocenters. The van der Waals surface area contributed by atoms with Gasteiger partial charge in [-0.1, -0.05) is 20.8 Å². The largest absolute Gasteiger partial charge is 0.381 e. The maximum Gasteiger partial charge on any atom is 0.0471 e. The fourth-order valence-corrected chi connectivity index (χ4v) is 1.93. The minimum absolute atomic E-state index is 0.208. The van der Waals surface area contributed by atoms with Crippen molar-refractivity contribution in [2.75, 3.05) is 19.8 Å². The lowest BCUT2D eigenvalue weighted by Gasteiger charge is -2.35. The Morgan fingerprint density at radius 3 is 1.94 bits per heavy atom. The maximum atomic E-state index is 5.65. The van der Waals surface area contributed by atoms with Gasteiger partial charge in [0, 0.05) is 25.3 Å². The van der Waals surface area contributed by atoms with Gasteiger partial charge in [-0.3, -0.25) is 0 Å². The quantitative estimate of drug-likeness (QED) is 0.618. The summed E-state index contributed by atoms with van der Waals surface area (Å²) in [6.07, 6.45) is 4.73. The Morgan fingerprint density at radius 2 is 1.53 bits per heavy atom. The fraction of sp³-hybridized carbons (Fsp3) is 1.00. The van der Waals surface area contributed by atoms with Crippen LogP contribution in [0.5, 0.6) is 0 Å². The molecule has 0 fully saturated rings. The molecule has 0 atom stereocenters. The van der Waals surface area contributed by atoms with Crippen LogP contribution < -0.4 is 5.32 Å². The van der Waals surface area contributed by atoms with Crippen LogP contribution in [0.15, 0.2) is 0 Å². The summed E-state index contributed by atoms with van der Waals surface area (Å²) >= 11 is 0. The Balaban J connectivity index is 4.15. The summed E-state index contributed by atoms with van der Waals surface area (Å²) in [5, 5.41) is 3.65. The average molecular weight is 243 g/mol. The first-order chi connectivity index (χ1) is 7.89. The summed E-state index contributed by atoms with van der Waals surface area (Å²) < 4.78 is 5.65. The summed E-state index contributed by atoms with van der Waals surface area (Å²) in [7, 11) is 0. The van der Waals surface area contributed by atoms with Crippen molar-refractivity contribution in [1.29, 1.82) is 0 Å². The third-order valence-corrected chi connectivity index (χ3v) is 3.62. The predicted molar refractivity (Wildman–Crippen MR) is 76.5 cm³/mol. The van der Waals surface area contributed by atoms with Crippen molar-refractivity contribution >= 4 is 0 Å². The Morgan fingerprint density at radius 1 is 0.941 bits per heavy atom. The molecule has 0 rings (SSSR count). The van der Waals surface area contributed by atoms with Crippen molar-refractivity contribution in [2.45, 2.75) is 72.8 Å². The average Bonchev–Trinajstić information content (AvgIpc) is 2.28. The summed E-state index contributed by atoms with van der Waals surface area (Å²) in [5.41, 5.74) is 0.612. The van der Waals surface area contributed by atoms with E-state index >= 15 is 0 Å². The zero-order valence-corrected chi connectivity index (χ0v) is 12.9. The smallest absolute Gasteiger partial charge is 0.0471 e. The minimum Gasteiger partial charge on any atom is -0.381 e. The zero-order valence-electron chi connectivity index (χ0n) is 12.9. The van der Waals surface area contributed by atoms with E-state index in [2.05, 4.69) is 46.9 Å². The topological polar surface area (TPSA) is 21.3 Å². The molecule has 0 aromatic carbocycles. The van der Waals surface area contributed by atoms with Crippen LogP contribution in [0.3, 0.4) is 0 Å². The summed E-state index contributed by atoms with van der Waals surface area (Å²) in [4.78, 5) is 0. The van der Waals surface area contributed by atoms with Crippen LogP contribution in [-0.2, 0) is 4.74 Å². The van der Waals surface area contributed by atoms with Gasteiger partial charge in [-0.15, -0.1) is 0 Å². The molecule has 2 nitrogen and oxygen atoms in total. The van der Waals surface area contributed by atoms with Crippen LogP contribution in [-0.4, -0.2) is 25.3 Å². The lowest BCUT2D eigenvalue weighted by molar-refractivity contribution is 0.0851. The number of hydrogen-bond acceptors (Lipinski definition) is 2. The van der Waals surface area contributed by atoms with E-state index in [1.54, 1.807) is 0 Å². The van der Waals surface area contributed by atoms with Gasteiger partial charge < -0.3 is 10.1 Å². The Hall–Kier alpha value is -0.0800. The molecular weight excluding hydrogens is 210 g/mol. The third-order valence-electron chi connectivity index (χ3n) is 3.62. The molecule has 0 bridgehead atoms.